The summed E-state index contributed by atoms with van der Waals surface area (Å²) in [6.45, 7) is 6.54. The second-order valence-corrected chi connectivity index (χ2v) is 8.87. The van der Waals surface area contributed by atoms with Crippen LogP contribution in [0.5, 0.6) is 0 Å². The SMILES string of the molecule is CNC(=O)c1ccnc2c(C(C)[C@H](C)CNc3cc(-c4ccc(NC(C)=O)cc4)ncn3)cccc12. The summed E-state index contributed by atoms with van der Waals surface area (Å²) in [7, 11) is 1.63. The van der Waals surface area contributed by atoms with Crippen LogP contribution in [0.25, 0.3) is 22.2 Å². The summed E-state index contributed by atoms with van der Waals surface area (Å²) in [5.74, 6) is 0.965. The monoisotopic (exact) mass is 482 g/mol. The van der Waals surface area contributed by atoms with E-state index in [4.69, 9.17) is 0 Å². The van der Waals surface area contributed by atoms with Crippen LogP contribution in [0.4, 0.5) is 11.5 Å². The summed E-state index contributed by atoms with van der Waals surface area (Å²) < 4.78 is 0. The van der Waals surface area contributed by atoms with E-state index in [0.29, 0.717) is 12.1 Å². The second kappa shape index (κ2) is 10.9. The quantitative estimate of drug-likeness (QED) is 0.331. The number of para-hydroxylation sites is 1. The molecule has 0 fully saturated rings. The van der Waals surface area contributed by atoms with Crippen molar-refractivity contribution in [1.82, 2.24) is 20.3 Å². The standard InChI is InChI=1S/C28H30N6O2/c1-17(18(2)22-6-5-7-23-24(28(36)29-4)12-13-30-27(22)23)15-31-26-14-25(32-16-33-26)20-8-10-21(11-9-20)34-19(3)35/h5-14,16-18H,15H2,1-4H3,(H,29,36)(H,34,35)(H,31,32,33)/t17-,18?/m1/s1. The molecule has 2 amide bonds. The largest absolute Gasteiger partial charge is 0.370 e. The minimum absolute atomic E-state index is 0.106. The van der Waals surface area contributed by atoms with Gasteiger partial charge in [-0.25, -0.2) is 9.97 Å². The van der Waals surface area contributed by atoms with Crippen LogP contribution in [0.1, 0.15) is 42.6 Å². The highest BCUT2D eigenvalue weighted by Gasteiger charge is 2.19. The molecule has 0 radical (unpaired) electrons. The molecular formula is C28H30N6O2. The minimum Gasteiger partial charge on any atom is -0.370 e. The number of nitrogens with zero attached hydrogens (tertiary/aromatic N) is 3. The molecule has 8 heteroatoms. The van der Waals surface area contributed by atoms with Crippen molar-refractivity contribution >= 4 is 34.2 Å². The number of fused-ring (bicyclic) bond motifs is 1. The van der Waals surface area contributed by atoms with Gasteiger partial charge < -0.3 is 16.0 Å². The van der Waals surface area contributed by atoms with Crippen molar-refractivity contribution in [2.75, 3.05) is 24.2 Å². The molecule has 0 bridgehead atoms. The van der Waals surface area contributed by atoms with Crippen LogP contribution in [0.3, 0.4) is 0 Å². The van der Waals surface area contributed by atoms with Crippen molar-refractivity contribution in [3.8, 4) is 11.3 Å². The van der Waals surface area contributed by atoms with Crippen LogP contribution in [-0.4, -0.2) is 40.4 Å². The lowest BCUT2D eigenvalue weighted by Crippen LogP contribution is -2.19. The summed E-state index contributed by atoms with van der Waals surface area (Å²) in [5.41, 5.74) is 5.06. The lowest BCUT2D eigenvalue weighted by atomic mass is 9.87. The Morgan fingerprint density at radius 2 is 1.75 bits per heavy atom. The normalized spacial score (nSPS) is 12.6. The molecule has 0 aliphatic rings. The Morgan fingerprint density at radius 1 is 0.972 bits per heavy atom. The Hall–Kier alpha value is -4.33. The first-order valence-corrected chi connectivity index (χ1v) is 11.9. The number of benzene rings is 2. The van der Waals surface area contributed by atoms with Crippen LogP contribution in [-0.2, 0) is 4.79 Å². The maximum absolute atomic E-state index is 12.3. The third kappa shape index (κ3) is 5.49. The summed E-state index contributed by atoms with van der Waals surface area (Å²) in [4.78, 5) is 36.9. The zero-order valence-electron chi connectivity index (χ0n) is 20.9. The number of nitrogens with one attached hydrogen (secondary N) is 3. The van der Waals surface area contributed by atoms with E-state index < -0.39 is 0 Å². The molecule has 0 saturated carbocycles. The van der Waals surface area contributed by atoms with Crippen LogP contribution in [0.15, 0.2) is 67.1 Å². The van der Waals surface area contributed by atoms with E-state index in [0.717, 1.165) is 39.2 Å². The fourth-order valence-corrected chi connectivity index (χ4v) is 4.19. The molecule has 184 valence electrons. The van der Waals surface area contributed by atoms with Crippen molar-refractivity contribution in [3.05, 3.63) is 78.2 Å². The summed E-state index contributed by atoms with van der Waals surface area (Å²) >= 11 is 0. The van der Waals surface area contributed by atoms with Crippen molar-refractivity contribution in [3.63, 3.8) is 0 Å². The molecule has 4 aromatic rings. The Kier molecular flexibility index (Phi) is 7.53. The predicted octanol–water partition coefficient (Wildman–Crippen LogP) is 4.86. The molecule has 2 aromatic heterocycles. The smallest absolute Gasteiger partial charge is 0.251 e. The van der Waals surface area contributed by atoms with Gasteiger partial charge in [0.15, 0.2) is 0 Å². The van der Waals surface area contributed by atoms with Gasteiger partial charge in [-0.1, -0.05) is 44.2 Å². The molecule has 2 atom stereocenters. The van der Waals surface area contributed by atoms with Crippen LogP contribution in [0.2, 0.25) is 0 Å². The Balaban J connectivity index is 1.48. The number of aromatic nitrogens is 3. The van der Waals surface area contributed by atoms with E-state index in [1.807, 2.05) is 42.5 Å². The topological polar surface area (TPSA) is 109 Å². The van der Waals surface area contributed by atoms with Crippen molar-refractivity contribution < 1.29 is 9.59 Å². The Bertz CT molecular complexity index is 1390. The number of pyridine rings is 1. The molecule has 4 rings (SSSR count). The van der Waals surface area contributed by atoms with E-state index in [2.05, 4.69) is 50.8 Å². The molecular weight excluding hydrogens is 452 g/mol. The summed E-state index contributed by atoms with van der Waals surface area (Å²) in [6, 6.07) is 17.2. The lowest BCUT2D eigenvalue weighted by Gasteiger charge is -2.22. The van der Waals surface area contributed by atoms with Gasteiger partial charge in [0.1, 0.15) is 12.1 Å². The fraction of sp³-hybridized carbons (Fsp3) is 0.250. The van der Waals surface area contributed by atoms with Gasteiger partial charge in [-0.05, 0) is 35.6 Å². The number of amides is 2. The van der Waals surface area contributed by atoms with E-state index in [-0.39, 0.29) is 23.7 Å². The average molecular weight is 483 g/mol. The number of rotatable bonds is 8. The molecule has 0 spiro atoms. The van der Waals surface area contributed by atoms with Gasteiger partial charge in [0.05, 0.1) is 16.8 Å². The highest BCUT2D eigenvalue weighted by Crippen LogP contribution is 2.31. The average Bonchev–Trinajstić information content (AvgIpc) is 2.90. The summed E-state index contributed by atoms with van der Waals surface area (Å²) in [6.07, 6.45) is 3.24. The van der Waals surface area contributed by atoms with Gasteiger partial charge in [0.25, 0.3) is 5.91 Å². The molecule has 3 N–H and O–H groups in total. The zero-order valence-corrected chi connectivity index (χ0v) is 20.9. The zero-order chi connectivity index (χ0) is 25.7. The number of hydrogen-bond acceptors (Lipinski definition) is 6. The van der Waals surface area contributed by atoms with Crippen LogP contribution < -0.4 is 16.0 Å². The number of hydrogen-bond donors (Lipinski definition) is 3. The highest BCUT2D eigenvalue weighted by atomic mass is 16.2. The summed E-state index contributed by atoms with van der Waals surface area (Å²) in [5, 5.41) is 9.76. The Morgan fingerprint density at radius 3 is 2.47 bits per heavy atom. The van der Waals surface area contributed by atoms with Gasteiger partial charge in [-0.3, -0.25) is 14.6 Å². The molecule has 2 heterocycles. The maximum atomic E-state index is 12.3. The molecule has 36 heavy (non-hydrogen) atoms. The highest BCUT2D eigenvalue weighted by molar-refractivity contribution is 6.06. The fourth-order valence-electron chi connectivity index (χ4n) is 4.19. The minimum atomic E-state index is -0.119. The first-order chi connectivity index (χ1) is 17.4. The van der Waals surface area contributed by atoms with Crippen molar-refractivity contribution in [2.24, 2.45) is 5.92 Å². The van der Waals surface area contributed by atoms with E-state index in [9.17, 15) is 9.59 Å². The van der Waals surface area contributed by atoms with Gasteiger partial charge in [-0.15, -0.1) is 0 Å². The second-order valence-electron chi connectivity index (χ2n) is 8.87. The van der Waals surface area contributed by atoms with Gasteiger partial charge >= 0.3 is 0 Å². The third-order valence-corrected chi connectivity index (χ3v) is 6.39. The van der Waals surface area contributed by atoms with Crippen LogP contribution >= 0.6 is 0 Å². The number of anilines is 2. The van der Waals surface area contributed by atoms with Gasteiger partial charge in [0, 0.05) is 49.4 Å². The first kappa shape index (κ1) is 24.8. The lowest BCUT2D eigenvalue weighted by molar-refractivity contribution is -0.114. The predicted molar refractivity (Wildman–Crippen MR) is 143 cm³/mol. The van der Waals surface area contributed by atoms with Gasteiger partial charge in [0.2, 0.25) is 5.91 Å². The van der Waals surface area contributed by atoms with Crippen molar-refractivity contribution in [2.45, 2.75) is 26.7 Å². The first-order valence-electron chi connectivity index (χ1n) is 11.9. The molecule has 8 nitrogen and oxygen atoms in total. The van der Waals surface area contributed by atoms with Crippen LogP contribution in [0, 0.1) is 5.92 Å². The van der Waals surface area contributed by atoms with Gasteiger partial charge in [-0.2, -0.15) is 0 Å². The van der Waals surface area contributed by atoms with E-state index >= 15 is 0 Å². The molecule has 2 aromatic carbocycles. The number of carbonyl (C=O) groups is 2. The maximum Gasteiger partial charge on any atom is 0.251 e. The molecule has 0 saturated heterocycles. The Labute approximate surface area is 210 Å². The third-order valence-electron chi connectivity index (χ3n) is 6.39. The van der Waals surface area contributed by atoms with E-state index in [1.165, 1.54) is 6.92 Å². The molecule has 0 aliphatic heterocycles. The van der Waals surface area contributed by atoms with Crippen molar-refractivity contribution in [1.29, 1.82) is 0 Å². The molecule has 0 aliphatic carbocycles. The van der Waals surface area contributed by atoms with E-state index in [1.54, 1.807) is 25.6 Å². The number of carbonyl (C=O) groups excluding carboxylic acids is 2. The molecule has 1 unspecified atom stereocenters.